The van der Waals surface area contributed by atoms with Crippen LogP contribution in [0.3, 0.4) is 0 Å². The number of piperidine rings is 1. The predicted octanol–water partition coefficient (Wildman–Crippen LogP) is 2.96. The van der Waals surface area contributed by atoms with Gasteiger partial charge in [0.25, 0.3) is 0 Å². The van der Waals surface area contributed by atoms with Crippen molar-refractivity contribution in [2.75, 3.05) is 19.6 Å². The fourth-order valence-corrected chi connectivity index (χ4v) is 2.87. The smallest absolute Gasteiger partial charge is 0.125 e. The van der Waals surface area contributed by atoms with Gasteiger partial charge in [0.15, 0.2) is 0 Å². The molecule has 106 valence electrons. The largest absolute Gasteiger partial charge is 0.467 e. The highest BCUT2D eigenvalue weighted by Crippen LogP contribution is 2.23. The van der Waals surface area contributed by atoms with Gasteiger partial charge in [-0.3, -0.25) is 0 Å². The molecule has 1 aliphatic rings. The molecule has 0 amide bonds. The van der Waals surface area contributed by atoms with E-state index >= 15 is 0 Å². The molecule has 1 aromatic carbocycles. The minimum absolute atomic E-state index is 0.146. The number of furan rings is 1. The van der Waals surface area contributed by atoms with Crippen molar-refractivity contribution in [2.45, 2.75) is 18.9 Å². The van der Waals surface area contributed by atoms with Gasteiger partial charge < -0.3 is 15.1 Å². The van der Waals surface area contributed by atoms with Crippen molar-refractivity contribution in [1.82, 2.24) is 10.6 Å². The fraction of sp³-hybridized carbons (Fsp3) is 0.412. The Balaban J connectivity index is 1.69. The molecule has 0 bridgehead atoms. The first-order valence-electron chi connectivity index (χ1n) is 7.46. The van der Waals surface area contributed by atoms with E-state index in [2.05, 4.69) is 34.9 Å². The maximum Gasteiger partial charge on any atom is 0.125 e. The van der Waals surface area contributed by atoms with Crippen molar-refractivity contribution in [3.8, 4) is 0 Å². The molecule has 1 aromatic heterocycles. The van der Waals surface area contributed by atoms with Gasteiger partial charge in [-0.2, -0.15) is 0 Å². The van der Waals surface area contributed by atoms with Crippen molar-refractivity contribution in [3.63, 3.8) is 0 Å². The summed E-state index contributed by atoms with van der Waals surface area (Å²) >= 11 is 0. The molecule has 1 aliphatic heterocycles. The first kappa shape index (κ1) is 13.4. The second-order valence-electron chi connectivity index (χ2n) is 5.48. The van der Waals surface area contributed by atoms with Gasteiger partial charge in [0, 0.05) is 6.54 Å². The highest BCUT2D eigenvalue weighted by molar-refractivity contribution is 5.26. The van der Waals surface area contributed by atoms with Crippen LogP contribution in [0.25, 0.3) is 0 Å². The van der Waals surface area contributed by atoms with Gasteiger partial charge in [0.05, 0.1) is 12.3 Å². The second kappa shape index (κ2) is 6.73. The average molecular weight is 270 g/mol. The van der Waals surface area contributed by atoms with Gasteiger partial charge in [-0.05, 0) is 49.5 Å². The van der Waals surface area contributed by atoms with Gasteiger partial charge in [-0.25, -0.2) is 0 Å². The van der Waals surface area contributed by atoms with Crippen LogP contribution in [0.1, 0.15) is 30.2 Å². The van der Waals surface area contributed by atoms with Crippen LogP contribution in [-0.4, -0.2) is 19.6 Å². The lowest BCUT2D eigenvalue weighted by molar-refractivity contribution is 0.341. The summed E-state index contributed by atoms with van der Waals surface area (Å²) in [5.41, 5.74) is 1.26. The maximum absolute atomic E-state index is 5.61. The predicted molar refractivity (Wildman–Crippen MR) is 80.6 cm³/mol. The molecule has 3 nitrogen and oxygen atoms in total. The van der Waals surface area contributed by atoms with Crippen molar-refractivity contribution >= 4 is 0 Å². The second-order valence-corrected chi connectivity index (χ2v) is 5.48. The summed E-state index contributed by atoms with van der Waals surface area (Å²) in [6.45, 7) is 3.30. The topological polar surface area (TPSA) is 37.2 Å². The molecule has 20 heavy (non-hydrogen) atoms. The summed E-state index contributed by atoms with van der Waals surface area (Å²) in [5, 5.41) is 7.14. The van der Waals surface area contributed by atoms with E-state index in [4.69, 9.17) is 4.42 Å². The Labute approximate surface area is 120 Å². The molecular formula is C17H22N2O. The van der Waals surface area contributed by atoms with Crippen LogP contribution in [0.5, 0.6) is 0 Å². The SMILES string of the molecule is c1ccc(C(NCC2CCCNC2)c2ccco2)cc1. The van der Waals surface area contributed by atoms with E-state index in [0.29, 0.717) is 5.92 Å². The Morgan fingerprint density at radius 1 is 1.20 bits per heavy atom. The third-order valence-corrected chi connectivity index (χ3v) is 3.97. The quantitative estimate of drug-likeness (QED) is 0.877. The first-order chi connectivity index (χ1) is 9.93. The molecule has 2 heterocycles. The molecule has 1 saturated heterocycles. The molecular weight excluding hydrogens is 248 g/mol. The van der Waals surface area contributed by atoms with Crippen LogP contribution in [0, 0.1) is 5.92 Å². The normalized spacial score (nSPS) is 20.7. The number of nitrogens with one attached hydrogen (secondary N) is 2. The third kappa shape index (κ3) is 3.30. The van der Waals surface area contributed by atoms with Crippen LogP contribution < -0.4 is 10.6 Å². The zero-order chi connectivity index (χ0) is 13.6. The summed E-state index contributed by atoms with van der Waals surface area (Å²) in [6, 6.07) is 14.7. The monoisotopic (exact) mass is 270 g/mol. The van der Waals surface area contributed by atoms with E-state index in [1.165, 1.54) is 18.4 Å². The Bertz CT molecular complexity index is 489. The standard InChI is InChI=1S/C17H22N2O/c1-2-7-15(8-3-1)17(16-9-5-11-20-16)19-13-14-6-4-10-18-12-14/h1-3,5,7-9,11,14,17-19H,4,6,10,12-13H2. The van der Waals surface area contributed by atoms with Crippen molar-refractivity contribution in [2.24, 2.45) is 5.92 Å². The van der Waals surface area contributed by atoms with E-state index < -0.39 is 0 Å². The van der Waals surface area contributed by atoms with Crippen molar-refractivity contribution in [1.29, 1.82) is 0 Å². The minimum atomic E-state index is 0.146. The summed E-state index contributed by atoms with van der Waals surface area (Å²) in [4.78, 5) is 0. The molecule has 2 N–H and O–H groups in total. The van der Waals surface area contributed by atoms with Crippen molar-refractivity contribution in [3.05, 3.63) is 60.1 Å². The van der Waals surface area contributed by atoms with Crippen LogP contribution in [0.15, 0.2) is 53.1 Å². The third-order valence-electron chi connectivity index (χ3n) is 3.97. The van der Waals surface area contributed by atoms with Gasteiger partial charge in [0.2, 0.25) is 0 Å². The number of hydrogen-bond donors (Lipinski definition) is 2. The van der Waals surface area contributed by atoms with Gasteiger partial charge in [-0.1, -0.05) is 30.3 Å². The summed E-state index contributed by atoms with van der Waals surface area (Å²) in [6.07, 6.45) is 4.33. The highest BCUT2D eigenvalue weighted by atomic mass is 16.3. The molecule has 2 unspecified atom stereocenters. The molecule has 0 spiro atoms. The minimum Gasteiger partial charge on any atom is -0.467 e. The van der Waals surface area contributed by atoms with Crippen LogP contribution in [0.2, 0.25) is 0 Å². The van der Waals surface area contributed by atoms with E-state index in [0.717, 1.165) is 25.4 Å². The first-order valence-corrected chi connectivity index (χ1v) is 7.46. The molecule has 0 aliphatic carbocycles. The fourth-order valence-electron chi connectivity index (χ4n) is 2.87. The lowest BCUT2D eigenvalue weighted by Crippen LogP contribution is -2.37. The van der Waals surface area contributed by atoms with Gasteiger partial charge in [0.1, 0.15) is 5.76 Å². The van der Waals surface area contributed by atoms with Gasteiger partial charge in [-0.15, -0.1) is 0 Å². The number of rotatable bonds is 5. The molecule has 3 rings (SSSR count). The van der Waals surface area contributed by atoms with Gasteiger partial charge >= 0.3 is 0 Å². The van der Waals surface area contributed by atoms with E-state index in [-0.39, 0.29) is 6.04 Å². The number of hydrogen-bond acceptors (Lipinski definition) is 3. The van der Waals surface area contributed by atoms with E-state index in [9.17, 15) is 0 Å². The summed E-state index contributed by atoms with van der Waals surface area (Å²) in [7, 11) is 0. The summed E-state index contributed by atoms with van der Waals surface area (Å²) in [5.74, 6) is 1.70. The molecule has 1 fully saturated rings. The zero-order valence-electron chi connectivity index (χ0n) is 11.7. The Hall–Kier alpha value is -1.58. The Morgan fingerprint density at radius 2 is 2.10 bits per heavy atom. The Morgan fingerprint density at radius 3 is 2.80 bits per heavy atom. The van der Waals surface area contributed by atoms with E-state index in [1.807, 2.05) is 18.2 Å². The molecule has 2 atom stereocenters. The molecule has 0 radical (unpaired) electrons. The van der Waals surface area contributed by atoms with Crippen LogP contribution in [-0.2, 0) is 0 Å². The highest BCUT2D eigenvalue weighted by Gasteiger charge is 2.19. The maximum atomic E-state index is 5.61. The lowest BCUT2D eigenvalue weighted by atomic mass is 9.98. The van der Waals surface area contributed by atoms with Crippen LogP contribution in [0.4, 0.5) is 0 Å². The molecule has 3 heteroatoms. The van der Waals surface area contributed by atoms with Crippen molar-refractivity contribution < 1.29 is 4.42 Å². The molecule has 0 saturated carbocycles. The van der Waals surface area contributed by atoms with E-state index in [1.54, 1.807) is 6.26 Å². The Kier molecular flexibility index (Phi) is 4.51. The average Bonchev–Trinajstić information content (AvgIpc) is 3.04. The summed E-state index contributed by atoms with van der Waals surface area (Å²) < 4.78 is 5.61. The van der Waals surface area contributed by atoms with Crippen LogP contribution >= 0.6 is 0 Å². The lowest BCUT2D eigenvalue weighted by Gasteiger charge is -2.25. The number of benzene rings is 1. The molecule has 2 aromatic rings. The zero-order valence-corrected chi connectivity index (χ0v) is 11.7.